The summed E-state index contributed by atoms with van der Waals surface area (Å²) < 4.78 is 5.02. The number of hydrogen-bond donors (Lipinski definition) is 2. The fraction of sp³-hybridized carbons (Fsp3) is 0.583. The van der Waals surface area contributed by atoms with Crippen molar-refractivity contribution in [2.24, 2.45) is 11.8 Å². The van der Waals surface area contributed by atoms with Crippen LogP contribution in [0.5, 0.6) is 0 Å². The lowest BCUT2D eigenvalue weighted by Crippen LogP contribution is -2.28. The van der Waals surface area contributed by atoms with Gasteiger partial charge in [-0.3, -0.25) is 9.59 Å². The van der Waals surface area contributed by atoms with Gasteiger partial charge in [0.2, 0.25) is 5.91 Å². The molecule has 1 aromatic heterocycles. The van der Waals surface area contributed by atoms with E-state index in [1.165, 1.54) is 0 Å². The van der Waals surface area contributed by atoms with Gasteiger partial charge in [-0.1, -0.05) is 5.16 Å². The van der Waals surface area contributed by atoms with Crippen molar-refractivity contribution in [2.45, 2.75) is 26.7 Å². The van der Waals surface area contributed by atoms with E-state index in [1.807, 2.05) is 13.8 Å². The molecule has 1 fully saturated rings. The molecule has 1 aliphatic carbocycles. The van der Waals surface area contributed by atoms with Crippen LogP contribution in [0.15, 0.2) is 4.52 Å². The van der Waals surface area contributed by atoms with Crippen molar-refractivity contribution in [1.82, 2.24) is 10.5 Å². The second-order valence-corrected chi connectivity index (χ2v) is 4.63. The molecule has 2 atom stereocenters. The van der Waals surface area contributed by atoms with Gasteiger partial charge >= 0.3 is 5.97 Å². The van der Waals surface area contributed by atoms with Gasteiger partial charge in [0, 0.05) is 12.1 Å². The molecular weight excluding hydrogens is 236 g/mol. The molecule has 1 saturated carbocycles. The maximum Gasteiger partial charge on any atom is 0.307 e. The molecule has 2 rings (SSSR count). The highest BCUT2D eigenvalue weighted by Gasteiger charge is 2.48. The molecule has 0 spiro atoms. The predicted molar refractivity (Wildman–Crippen MR) is 61.9 cm³/mol. The number of amides is 1. The standard InChI is InChI=1S/C12H16N2O4/c1-6-8(7(2)18-14-6)3-4-13-11(15)9-5-10(9)12(16)17/h9-10H,3-5H2,1-2H3,(H,13,15)(H,16,17)/t9-,10-/m0/s1. The first-order chi connectivity index (χ1) is 8.50. The summed E-state index contributed by atoms with van der Waals surface area (Å²) in [6.45, 7) is 4.16. The van der Waals surface area contributed by atoms with Crippen LogP contribution in [-0.2, 0) is 16.0 Å². The zero-order chi connectivity index (χ0) is 13.3. The summed E-state index contributed by atoms with van der Waals surface area (Å²) in [7, 11) is 0. The van der Waals surface area contributed by atoms with E-state index in [4.69, 9.17) is 9.63 Å². The molecular formula is C12H16N2O4. The molecule has 0 aliphatic heterocycles. The van der Waals surface area contributed by atoms with E-state index in [2.05, 4.69) is 10.5 Å². The number of rotatable bonds is 5. The highest BCUT2D eigenvalue weighted by Crippen LogP contribution is 2.38. The molecule has 1 heterocycles. The molecule has 0 aromatic carbocycles. The molecule has 1 amide bonds. The summed E-state index contributed by atoms with van der Waals surface area (Å²) in [6, 6.07) is 0. The van der Waals surface area contributed by atoms with Crippen molar-refractivity contribution < 1.29 is 19.2 Å². The van der Waals surface area contributed by atoms with Crippen molar-refractivity contribution in [1.29, 1.82) is 0 Å². The Morgan fingerprint density at radius 1 is 1.44 bits per heavy atom. The van der Waals surface area contributed by atoms with E-state index in [0.29, 0.717) is 19.4 Å². The number of carbonyl (C=O) groups excluding carboxylic acids is 1. The lowest BCUT2D eigenvalue weighted by atomic mass is 10.1. The average Bonchev–Trinajstić information content (AvgIpc) is 3.05. The van der Waals surface area contributed by atoms with Gasteiger partial charge in [0.05, 0.1) is 17.5 Å². The Morgan fingerprint density at radius 2 is 2.17 bits per heavy atom. The van der Waals surface area contributed by atoms with Crippen LogP contribution in [0.25, 0.3) is 0 Å². The van der Waals surface area contributed by atoms with E-state index in [0.717, 1.165) is 17.0 Å². The molecule has 1 aromatic rings. The SMILES string of the molecule is Cc1noc(C)c1CCNC(=O)[C@H]1C[C@@H]1C(=O)O. The minimum absolute atomic E-state index is 0.172. The number of hydrogen-bond acceptors (Lipinski definition) is 4. The molecule has 6 nitrogen and oxygen atoms in total. The summed E-state index contributed by atoms with van der Waals surface area (Å²) >= 11 is 0. The third-order valence-corrected chi connectivity index (χ3v) is 3.30. The number of aromatic nitrogens is 1. The van der Waals surface area contributed by atoms with Crippen LogP contribution in [0, 0.1) is 25.7 Å². The quantitative estimate of drug-likeness (QED) is 0.803. The monoisotopic (exact) mass is 252 g/mol. The second kappa shape index (κ2) is 4.80. The van der Waals surface area contributed by atoms with Crippen molar-refractivity contribution in [3.05, 3.63) is 17.0 Å². The summed E-state index contributed by atoms with van der Waals surface area (Å²) in [5.74, 6) is -1.15. The van der Waals surface area contributed by atoms with E-state index in [-0.39, 0.29) is 11.8 Å². The highest BCUT2D eigenvalue weighted by molar-refractivity contribution is 5.89. The Hall–Kier alpha value is -1.85. The summed E-state index contributed by atoms with van der Waals surface area (Å²) in [5, 5.41) is 15.3. The fourth-order valence-corrected chi connectivity index (χ4v) is 2.06. The number of nitrogens with zero attached hydrogens (tertiary/aromatic N) is 1. The van der Waals surface area contributed by atoms with Crippen LogP contribution < -0.4 is 5.32 Å². The van der Waals surface area contributed by atoms with Crippen LogP contribution in [0.4, 0.5) is 0 Å². The minimum atomic E-state index is -0.888. The van der Waals surface area contributed by atoms with Gasteiger partial charge in [-0.25, -0.2) is 0 Å². The normalized spacial score (nSPS) is 21.7. The molecule has 18 heavy (non-hydrogen) atoms. The predicted octanol–water partition coefficient (Wildman–Crippen LogP) is 0.671. The molecule has 0 radical (unpaired) electrons. The van der Waals surface area contributed by atoms with E-state index in [1.54, 1.807) is 0 Å². The van der Waals surface area contributed by atoms with Gasteiger partial charge in [-0.05, 0) is 26.7 Å². The van der Waals surface area contributed by atoms with Crippen molar-refractivity contribution >= 4 is 11.9 Å². The lowest BCUT2D eigenvalue weighted by Gasteiger charge is -2.04. The fourth-order valence-electron chi connectivity index (χ4n) is 2.06. The van der Waals surface area contributed by atoms with Gasteiger partial charge in [-0.2, -0.15) is 0 Å². The molecule has 1 aliphatic rings. The number of carboxylic acids is 1. The van der Waals surface area contributed by atoms with Crippen molar-refractivity contribution in [2.75, 3.05) is 6.54 Å². The van der Waals surface area contributed by atoms with Gasteiger partial charge in [0.1, 0.15) is 5.76 Å². The molecule has 6 heteroatoms. The maximum absolute atomic E-state index is 11.6. The molecule has 2 N–H and O–H groups in total. The number of carbonyl (C=O) groups is 2. The van der Waals surface area contributed by atoms with Gasteiger partial charge in [-0.15, -0.1) is 0 Å². The average molecular weight is 252 g/mol. The Kier molecular flexibility index (Phi) is 3.36. The Balaban J connectivity index is 1.77. The first-order valence-corrected chi connectivity index (χ1v) is 5.93. The zero-order valence-corrected chi connectivity index (χ0v) is 10.4. The van der Waals surface area contributed by atoms with E-state index < -0.39 is 11.9 Å². The van der Waals surface area contributed by atoms with Crippen LogP contribution in [0.3, 0.4) is 0 Å². The topological polar surface area (TPSA) is 92.4 Å². The smallest absolute Gasteiger partial charge is 0.307 e. The van der Waals surface area contributed by atoms with Crippen LogP contribution in [0.2, 0.25) is 0 Å². The first kappa shape index (κ1) is 12.6. The molecule has 0 saturated heterocycles. The van der Waals surface area contributed by atoms with Crippen LogP contribution in [0.1, 0.15) is 23.4 Å². The Morgan fingerprint density at radius 3 is 2.67 bits per heavy atom. The minimum Gasteiger partial charge on any atom is -0.481 e. The van der Waals surface area contributed by atoms with Crippen molar-refractivity contribution in [3.8, 4) is 0 Å². The number of aryl methyl sites for hydroxylation is 2. The zero-order valence-electron chi connectivity index (χ0n) is 10.4. The second-order valence-electron chi connectivity index (χ2n) is 4.63. The molecule has 98 valence electrons. The van der Waals surface area contributed by atoms with Gasteiger partial charge in [0.25, 0.3) is 0 Å². The maximum atomic E-state index is 11.6. The summed E-state index contributed by atoms with van der Waals surface area (Å²) in [6.07, 6.45) is 1.10. The third-order valence-electron chi connectivity index (χ3n) is 3.30. The first-order valence-electron chi connectivity index (χ1n) is 5.93. The van der Waals surface area contributed by atoms with E-state index >= 15 is 0 Å². The summed E-state index contributed by atoms with van der Waals surface area (Å²) in [4.78, 5) is 22.2. The van der Waals surface area contributed by atoms with Gasteiger partial charge < -0.3 is 14.9 Å². The number of carboxylic acid groups (broad SMARTS) is 1. The summed E-state index contributed by atoms with van der Waals surface area (Å²) in [5.41, 5.74) is 1.83. The van der Waals surface area contributed by atoms with Crippen molar-refractivity contribution in [3.63, 3.8) is 0 Å². The van der Waals surface area contributed by atoms with Crippen LogP contribution in [-0.4, -0.2) is 28.7 Å². The Labute approximate surface area is 104 Å². The third kappa shape index (κ3) is 2.52. The molecule has 0 bridgehead atoms. The van der Waals surface area contributed by atoms with E-state index in [9.17, 15) is 9.59 Å². The largest absolute Gasteiger partial charge is 0.481 e. The lowest BCUT2D eigenvalue weighted by molar-refractivity contribution is -0.140. The number of aliphatic carboxylic acids is 1. The highest BCUT2D eigenvalue weighted by atomic mass is 16.5. The number of nitrogens with one attached hydrogen (secondary N) is 1. The van der Waals surface area contributed by atoms with Gasteiger partial charge in [0.15, 0.2) is 0 Å². The van der Waals surface area contributed by atoms with Crippen LogP contribution >= 0.6 is 0 Å². The molecule has 0 unspecified atom stereocenters. The Bertz CT molecular complexity index is 461.